The van der Waals surface area contributed by atoms with Crippen molar-refractivity contribution in [3.8, 4) is 11.6 Å². The van der Waals surface area contributed by atoms with Gasteiger partial charge in [0.05, 0.1) is 27.2 Å². The van der Waals surface area contributed by atoms with Gasteiger partial charge in [0, 0.05) is 17.8 Å². The summed E-state index contributed by atoms with van der Waals surface area (Å²) in [5.74, 6) is -2.55. The summed E-state index contributed by atoms with van der Waals surface area (Å²) in [6.45, 7) is 0. The van der Waals surface area contributed by atoms with Gasteiger partial charge in [0.15, 0.2) is 0 Å². The van der Waals surface area contributed by atoms with Crippen molar-refractivity contribution in [2.45, 2.75) is 0 Å². The van der Waals surface area contributed by atoms with Crippen LogP contribution in [0.25, 0.3) is 0 Å². The Morgan fingerprint density at radius 3 is 2.52 bits per heavy atom. The Morgan fingerprint density at radius 2 is 1.83 bits per heavy atom. The van der Waals surface area contributed by atoms with Gasteiger partial charge in [0.25, 0.3) is 11.8 Å². The summed E-state index contributed by atoms with van der Waals surface area (Å²) < 4.78 is 5.35. The third kappa shape index (κ3) is 4.47. The molecule has 0 aliphatic heterocycles. The molecule has 0 radical (unpaired) electrons. The number of nitro groups is 1. The maximum atomic E-state index is 12.4. The Bertz CT molecular complexity index is 1120. The standard InChI is InChI=1S/C19H12ClN3O6/c20-14-5-2-1-4-12(14)17(24)22-15-8-7-11(10-13(15)19(25)26)29-18-16(23(27)28)6-3-9-21-18/h1-10H,(H,22,24)(H,25,26)/p-1. The quantitative estimate of drug-likeness (QED) is 0.485. The number of pyridine rings is 1. The van der Waals surface area contributed by atoms with Crippen LogP contribution in [0.1, 0.15) is 20.7 Å². The van der Waals surface area contributed by atoms with Crippen molar-refractivity contribution in [2.75, 3.05) is 5.32 Å². The van der Waals surface area contributed by atoms with E-state index in [0.717, 1.165) is 6.07 Å². The second-order valence-corrected chi connectivity index (χ2v) is 6.02. The molecule has 1 N–H and O–H groups in total. The van der Waals surface area contributed by atoms with Crippen LogP contribution >= 0.6 is 11.6 Å². The SMILES string of the molecule is O=C(Nc1ccc(Oc2ncccc2[N+](=O)[O-])cc1C(=O)[O-])c1ccccc1Cl. The van der Waals surface area contributed by atoms with Crippen molar-refractivity contribution < 1.29 is 24.4 Å². The minimum absolute atomic E-state index is 0.0401. The molecule has 2 aromatic carbocycles. The van der Waals surface area contributed by atoms with E-state index in [1.54, 1.807) is 12.1 Å². The van der Waals surface area contributed by atoms with Crippen LogP contribution in [-0.2, 0) is 0 Å². The van der Waals surface area contributed by atoms with Crippen molar-refractivity contribution in [2.24, 2.45) is 0 Å². The molecule has 0 unspecified atom stereocenters. The zero-order chi connectivity index (χ0) is 21.0. The lowest BCUT2D eigenvalue weighted by molar-refractivity contribution is -0.386. The smallest absolute Gasteiger partial charge is 0.331 e. The average Bonchev–Trinajstić information content (AvgIpc) is 2.69. The maximum Gasteiger partial charge on any atom is 0.331 e. The molecule has 0 bridgehead atoms. The molecule has 0 aliphatic carbocycles. The minimum atomic E-state index is -1.58. The second kappa shape index (κ2) is 8.36. The van der Waals surface area contributed by atoms with Gasteiger partial charge >= 0.3 is 5.69 Å². The van der Waals surface area contributed by atoms with Crippen LogP contribution < -0.4 is 15.2 Å². The highest BCUT2D eigenvalue weighted by Gasteiger charge is 2.18. The van der Waals surface area contributed by atoms with E-state index in [1.165, 1.54) is 42.6 Å². The number of carbonyl (C=O) groups excluding carboxylic acids is 2. The Morgan fingerprint density at radius 1 is 1.07 bits per heavy atom. The van der Waals surface area contributed by atoms with Gasteiger partial charge in [-0.15, -0.1) is 0 Å². The molecular formula is C19H11ClN3O6-. The van der Waals surface area contributed by atoms with Crippen molar-refractivity contribution in [3.63, 3.8) is 0 Å². The first-order valence-corrected chi connectivity index (χ1v) is 8.43. The Labute approximate surface area is 168 Å². The molecule has 10 heteroatoms. The summed E-state index contributed by atoms with van der Waals surface area (Å²) in [5.41, 5.74) is -0.680. The van der Waals surface area contributed by atoms with Crippen LogP contribution in [0.3, 0.4) is 0 Å². The number of aromatic carboxylic acids is 1. The number of rotatable bonds is 6. The molecule has 0 saturated carbocycles. The van der Waals surface area contributed by atoms with E-state index in [-0.39, 0.29) is 33.5 Å². The molecule has 29 heavy (non-hydrogen) atoms. The summed E-state index contributed by atoms with van der Waals surface area (Å²) in [6.07, 6.45) is 1.29. The minimum Gasteiger partial charge on any atom is -0.545 e. The van der Waals surface area contributed by atoms with E-state index in [0.29, 0.717) is 0 Å². The largest absolute Gasteiger partial charge is 0.545 e. The van der Waals surface area contributed by atoms with E-state index in [9.17, 15) is 24.8 Å². The highest BCUT2D eigenvalue weighted by atomic mass is 35.5. The number of hydrogen-bond donors (Lipinski definition) is 1. The number of aromatic nitrogens is 1. The highest BCUT2D eigenvalue weighted by molar-refractivity contribution is 6.34. The van der Waals surface area contributed by atoms with Gasteiger partial charge in [-0.3, -0.25) is 14.9 Å². The van der Waals surface area contributed by atoms with Crippen molar-refractivity contribution in [1.82, 2.24) is 4.98 Å². The Hall–Kier alpha value is -3.98. The Kier molecular flexibility index (Phi) is 5.70. The molecule has 146 valence electrons. The number of amides is 1. The average molecular weight is 413 g/mol. The molecular weight excluding hydrogens is 402 g/mol. The molecule has 0 aliphatic rings. The summed E-state index contributed by atoms with van der Waals surface area (Å²) >= 11 is 5.97. The van der Waals surface area contributed by atoms with Gasteiger partial charge in [-0.2, -0.15) is 0 Å². The van der Waals surface area contributed by atoms with Crippen molar-refractivity contribution in [1.29, 1.82) is 0 Å². The van der Waals surface area contributed by atoms with Crippen molar-refractivity contribution >= 4 is 34.9 Å². The fourth-order valence-corrected chi connectivity index (χ4v) is 2.63. The number of carboxylic acid groups (broad SMARTS) is 1. The third-order valence-electron chi connectivity index (χ3n) is 3.74. The first kappa shape index (κ1) is 19.8. The summed E-state index contributed by atoms with van der Waals surface area (Å²) in [6, 6.07) is 12.5. The number of hydrogen-bond acceptors (Lipinski definition) is 7. The van der Waals surface area contributed by atoms with Gasteiger partial charge < -0.3 is 20.0 Å². The predicted octanol–water partition coefficient (Wildman–Crippen LogP) is 3.05. The molecule has 3 rings (SSSR count). The molecule has 1 amide bonds. The van der Waals surface area contributed by atoms with Crippen LogP contribution in [0.5, 0.6) is 11.6 Å². The van der Waals surface area contributed by atoms with Crippen LogP contribution in [-0.4, -0.2) is 21.8 Å². The number of benzene rings is 2. The molecule has 0 fully saturated rings. The number of carbonyl (C=O) groups is 2. The van der Waals surface area contributed by atoms with Crippen LogP contribution in [0, 0.1) is 10.1 Å². The van der Waals surface area contributed by atoms with Crippen molar-refractivity contribution in [3.05, 3.63) is 87.1 Å². The first-order valence-electron chi connectivity index (χ1n) is 8.05. The van der Waals surface area contributed by atoms with Gasteiger partial charge in [0.2, 0.25) is 0 Å². The van der Waals surface area contributed by atoms with E-state index < -0.39 is 22.5 Å². The lowest BCUT2D eigenvalue weighted by Gasteiger charge is -2.14. The van der Waals surface area contributed by atoms with E-state index >= 15 is 0 Å². The van der Waals surface area contributed by atoms with Gasteiger partial charge in [-0.05, 0) is 36.4 Å². The van der Waals surface area contributed by atoms with Crippen LogP contribution in [0.15, 0.2) is 60.8 Å². The fourth-order valence-electron chi connectivity index (χ4n) is 2.41. The van der Waals surface area contributed by atoms with E-state index in [2.05, 4.69) is 10.3 Å². The maximum absolute atomic E-state index is 12.4. The fraction of sp³-hybridized carbons (Fsp3) is 0. The number of nitrogens with one attached hydrogen (secondary N) is 1. The lowest BCUT2D eigenvalue weighted by Crippen LogP contribution is -2.25. The first-order chi connectivity index (χ1) is 13.9. The van der Waals surface area contributed by atoms with Gasteiger partial charge in [-0.25, -0.2) is 4.98 Å². The highest BCUT2D eigenvalue weighted by Crippen LogP contribution is 2.31. The predicted molar refractivity (Wildman–Crippen MR) is 101 cm³/mol. The third-order valence-corrected chi connectivity index (χ3v) is 4.07. The molecule has 0 spiro atoms. The van der Waals surface area contributed by atoms with Gasteiger partial charge in [-0.1, -0.05) is 23.7 Å². The molecule has 0 saturated heterocycles. The lowest BCUT2D eigenvalue weighted by atomic mass is 10.1. The molecule has 1 heterocycles. The molecule has 0 atom stereocenters. The molecule has 1 aromatic heterocycles. The topological polar surface area (TPSA) is 134 Å². The van der Waals surface area contributed by atoms with Crippen LogP contribution in [0.4, 0.5) is 11.4 Å². The van der Waals surface area contributed by atoms with E-state index in [1.807, 2.05) is 0 Å². The zero-order valence-electron chi connectivity index (χ0n) is 14.5. The number of carboxylic acids is 1. The Balaban J connectivity index is 1.90. The van der Waals surface area contributed by atoms with E-state index in [4.69, 9.17) is 16.3 Å². The van der Waals surface area contributed by atoms with Crippen LogP contribution in [0.2, 0.25) is 5.02 Å². The second-order valence-electron chi connectivity index (χ2n) is 5.62. The summed E-state index contributed by atoms with van der Waals surface area (Å²) in [5, 5.41) is 25.2. The number of ether oxygens (including phenoxy) is 1. The zero-order valence-corrected chi connectivity index (χ0v) is 15.3. The number of anilines is 1. The summed E-state index contributed by atoms with van der Waals surface area (Å²) in [4.78, 5) is 38.0. The molecule has 3 aromatic rings. The molecule has 9 nitrogen and oxygen atoms in total. The number of nitrogens with zero attached hydrogens (tertiary/aromatic N) is 2. The van der Waals surface area contributed by atoms with Gasteiger partial charge in [0.1, 0.15) is 5.75 Å². The summed E-state index contributed by atoms with van der Waals surface area (Å²) in [7, 11) is 0. The monoisotopic (exact) mass is 412 g/mol. The number of halogens is 1. The normalized spacial score (nSPS) is 10.2.